The second-order valence-corrected chi connectivity index (χ2v) is 7.94. The quantitative estimate of drug-likeness (QED) is 0.583. The minimum Gasteiger partial charge on any atom is -0.482 e. The SMILES string of the molecule is Fc1ccc(O[C@H]2c3cc(Cl)cc(Cl)c3C[C@@H]2N2CCC2)c2ncccc12. The predicted octanol–water partition coefficient (Wildman–Crippen LogP) is 5.43. The Labute approximate surface area is 166 Å². The highest BCUT2D eigenvalue weighted by Crippen LogP contribution is 2.44. The van der Waals surface area contributed by atoms with Crippen molar-refractivity contribution in [2.24, 2.45) is 0 Å². The molecule has 2 atom stereocenters. The fourth-order valence-electron chi connectivity index (χ4n) is 4.09. The first-order chi connectivity index (χ1) is 13.1. The summed E-state index contributed by atoms with van der Waals surface area (Å²) in [6, 6.07) is 10.4. The summed E-state index contributed by atoms with van der Waals surface area (Å²) in [5.74, 6) is 0.272. The largest absolute Gasteiger partial charge is 0.482 e. The molecule has 2 aromatic carbocycles. The van der Waals surface area contributed by atoms with Crippen molar-refractivity contribution in [3.05, 3.63) is 69.6 Å². The molecule has 0 spiro atoms. The van der Waals surface area contributed by atoms with Crippen molar-refractivity contribution in [2.45, 2.75) is 25.0 Å². The van der Waals surface area contributed by atoms with Crippen LogP contribution in [0.25, 0.3) is 10.9 Å². The Balaban J connectivity index is 1.60. The van der Waals surface area contributed by atoms with Gasteiger partial charge in [-0.1, -0.05) is 23.2 Å². The van der Waals surface area contributed by atoms with Gasteiger partial charge in [0.1, 0.15) is 23.2 Å². The average molecular weight is 403 g/mol. The Bertz CT molecular complexity index is 1040. The van der Waals surface area contributed by atoms with E-state index in [9.17, 15) is 4.39 Å². The molecule has 2 heterocycles. The van der Waals surface area contributed by atoms with E-state index < -0.39 is 0 Å². The lowest BCUT2D eigenvalue weighted by Gasteiger charge is -2.39. The molecule has 1 aliphatic heterocycles. The van der Waals surface area contributed by atoms with E-state index in [0.717, 1.165) is 30.6 Å². The van der Waals surface area contributed by atoms with Crippen molar-refractivity contribution in [1.82, 2.24) is 9.88 Å². The molecule has 0 unspecified atom stereocenters. The number of ether oxygens (including phenoxy) is 1. The van der Waals surface area contributed by atoms with Gasteiger partial charge in [-0.2, -0.15) is 0 Å². The zero-order chi connectivity index (χ0) is 18.5. The van der Waals surface area contributed by atoms with Crippen LogP contribution in [-0.2, 0) is 6.42 Å². The second-order valence-electron chi connectivity index (χ2n) is 7.10. The zero-order valence-corrected chi connectivity index (χ0v) is 16.0. The van der Waals surface area contributed by atoms with Gasteiger partial charge in [-0.25, -0.2) is 4.39 Å². The van der Waals surface area contributed by atoms with Gasteiger partial charge in [0.25, 0.3) is 0 Å². The summed E-state index contributed by atoms with van der Waals surface area (Å²) < 4.78 is 20.6. The van der Waals surface area contributed by atoms with Crippen LogP contribution in [0.1, 0.15) is 23.7 Å². The van der Waals surface area contributed by atoms with Gasteiger partial charge in [0.2, 0.25) is 0 Å². The molecule has 0 radical (unpaired) electrons. The van der Waals surface area contributed by atoms with Crippen molar-refractivity contribution in [3.8, 4) is 5.75 Å². The number of pyridine rings is 1. The summed E-state index contributed by atoms with van der Waals surface area (Å²) >= 11 is 12.7. The molecule has 0 bridgehead atoms. The molecule has 1 aromatic heterocycles. The molecule has 138 valence electrons. The molecule has 3 nitrogen and oxygen atoms in total. The summed E-state index contributed by atoms with van der Waals surface area (Å²) in [7, 11) is 0. The van der Waals surface area contributed by atoms with Gasteiger partial charge < -0.3 is 4.74 Å². The molecule has 27 heavy (non-hydrogen) atoms. The monoisotopic (exact) mass is 402 g/mol. The maximum atomic E-state index is 14.2. The van der Waals surface area contributed by atoms with E-state index in [0.29, 0.717) is 26.7 Å². The third-order valence-corrected chi connectivity index (χ3v) is 6.11. The third kappa shape index (κ3) is 2.87. The topological polar surface area (TPSA) is 25.4 Å². The normalized spacial score (nSPS) is 21.9. The van der Waals surface area contributed by atoms with Crippen LogP contribution in [-0.4, -0.2) is 29.0 Å². The summed E-state index contributed by atoms with van der Waals surface area (Å²) in [4.78, 5) is 6.76. The van der Waals surface area contributed by atoms with Crippen LogP contribution in [0.5, 0.6) is 5.75 Å². The number of aromatic nitrogens is 1. The van der Waals surface area contributed by atoms with Crippen molar-refractivity contribution in [1.29, 1.82) is 0 Å². The van der Waals surface area contributed by atoms with E-state index in [2.05, 4.69) is 9.88 Å². The lowest BCUT2D eigenvalue weighted by Crippen LogP contribution is -2.48. The summed E-state index contributed by atoms with van der Waals surface area (Å²) in [5, 5.41) is 1.73. The molecule has 1 saturated heterocycles. The average Bonchev–Trinajstić information content (AvgIpc) is 2.95. The van der Waals surface area contributed by atoms with Gasteiger partial charge in [-0.05, 0) is 67.9 Å². The van der Waals surface area contributed by atoms with Gasteiger partial charge in [0.05, 0.1) is 6.04 Å². The Hall–Kier alpha value is -1.88. The van der Waals surface area contributed by atoms with Gasteiger partial charge in [0.15, 0.2) is 0 Å². The van der Waals surface area contributed by atoms with Crippen molar-refractivity contribution < 1.29 is 9.13 Å². The summed E-state index contributed by atoms with van der Waals surface area (Å²) in [5.41, 5.74) is 2.63. The van der Waals surface area contributed by atoms with Crippen LogP contribution >= 0.6 is 23.2 Å². The van der Waals surface area contributed by atoms with Gasteiger partial charge in [0, 0.05) is 27.2 Å². The van der Waals surface area contributed by atoms with Crippen LogP contribution in [0.2, 0.25) is 10.0 Å². The first-order valence-corrected chi connectivity index (χ1v) is 9.79. The molecule has 0 amide bonds. The number of fused-ring (bicyclic) bond motifs is 2. The highest BCUT2D eigenvalue weighted by Gasteiger charge is 2.41. The zero-order valence-electron chi connectivity index (χ0n) is 14.5. The second kappa shape index (κ2) is 6.62. The van der Waals surface area contributed by atoms with Gasteiger partial charge in [-0.15, -0.1) is 0 Å². The molecule has 3 aromatic rings. The number of benzene rings is 2. The molecule has 2 aliphatic rings. The van der Waals surface area contributed by atoms with Gasteiger partial charge in [-0.3, -0.25) is 9.88 Å². The number of likely N-dealkylation sites (tertiary alicyclic amines) is 1. The minimum atomic E-state index is -0.303. The van der Waals surface area contributed by atoms with Crippen LogP contribution in [0, 0.1) is 5.82 Å². The van der Waals surface area contributed by atoms with Crippen molar-refractivity contribution in [3.63, 3.8) is 0 Å². The van der Waals surface area contributed by atoms with Crippen LogP contribution in [0.4, 0.5) is 4.39 Å². The lowest BCUT2D eigenvalue weighted by atomic mass is 10.0. The molecule has 6 heteroatoms. The van der Waals surface area contributed by atoms with E-state index in [1.54, 1.807) is 30.5 Å². The summed E-state index contributed by atoms with van der Waals surface area (Å²) in [6.45, 7) is 2.10. The van der Waals surface area contributed by atoms with Crippen LogP contribution in [0.3, 0.4) is 0 Å². The molecule has 1 fully saturated rings. The molecule has 0 saturated carbocycles. The molecular weight excluding hydrogens is 386 g/mol. The fourth-order valence-corrected chi connectivity index (χ4v) is 4.68. The van der Waals surface area contributed by atoms with E-state index in [4.69, 9.17) is 27.9 Å². The number of halogens is 3. The highest BCUT2D eigenvalue weighted by molar-refractivity contribution is 6.35. The predicted molar refractivity (Wildman–Crippen MR) is 105 cm³/mol. The lowest BCUT2D eigenvalue weighted by molar-refractivity contribution is 0.0392. The van der Waals surface area contributed by atoms with E-state index in [-0.39, 0.29) is 18.0 Å². The van der Waals surface area contributed by atoms with E-state index in [1.807, 2.05) is 6.07 Å². The fraction of sp³-hybridized carbons (Fsp3) is 0.286. The molecule has 1 aliphatic carbocycles. The first-order valence-electron chi connectivity index (χ1n) is 9.03. The van der Waals surface area contributed by atoms with Crippen molar-refractivity contribution >= 4 is 34.1 Å². The van der Waals surface area contributed by atoms with Crippen LogP contribution < -0.4 is 4.74 Å². The standard InChI is InChI=1S/C21H17Cl2FN2O/c22-12-9-15-14(16(23)10-12)11-18(26-7-2-8-26)21(15)27-19-5-4-17(24)13-3-1-6-25-20(13)19/h1,3-6,9-10,18,21H,2,7-8,11H2/t18-,21-/m0/s1. The molecule has 5 rings (SSSR count). The highest BCUT2D eigenvalue weighted by atomic mass is 35.5. The number of rotatable bonds is 3. The Morgan fingerprint density at radius 1 is 1.15 bits per heavy atom. The maximum Gasteiger partial charge on any atom is 0.146 e. The first kappa shape index (κ1) is 17.2. The maximum absolute atomic E-state index is 14.2. The number of hydrogen-bond donors (Lipinski definition) is 0. The number of hydrogen-bond acceptors (Lipinski definition) is 3. The van der Waals surface area contributed by atoms with E-state index >= 15 is 0 Å². The van der Waals surface area contributed by atoms with Gasteiger partial charge >= 0.3 is 0 Å². The van der Waals surface area contributed by atoms with Crippen molar-refractivity contribution in [2.75, 3.05) is 13.1 Å². The number of nitrogens with zero attached hydrogens (tertiary/aromatic N) is 2. The Morgan fingerprint density at radius 2 is 2.00 bits per heavy atom. The minimum absolute atomic E-state index is 0.188. The molecule has 0 N–H and O–H groups in total. The third-order valence-electron chi connectivity index (χ3n) is 5.56. The Kier molecular flexibility index (Phi) is 4.23. The van der Waals surface area contributed by atoms with E-state index in [1.165, 1.54) is 12.5 Å². The van der Waals surface area contributed by atoms with Crippen LogP contribution in [0.15, 0.2) is 42.6 Å². The Morgan fingerprint density at radius 3 is 2.78 bits per heavy atom. The molecular formula is C21H17Cl2FN2O. The smallest absolute Gasteiger partial charge is 0.146 e. The summed E-state index contributed by atoms with van der Waals surface area (Å²) in [6.07, 6.45) is 3.45.